The summed E-state index contributed by atoms with van der Waals surface area (Å²) in [7, 11) is -9.71. The number of nitriles is 1. The lowest BCUT2D eigenvalue weighted by Gasteiger charge is -2.40. The fraction of sp³-hybridized carbons (Fsp3) is 0. The molecule has 10 heteroatoms. The molecule has 2 aromatic heterocycles. The molecule has 0 unspecified atom stereocenters. The highest BCUT2D eigenvalue weighted by atomic mass is 32.5. The molecule has 0 aliphatic carbocycles. The van der Waals surface area contributed by atoms with Crippen molar-refractivity contribution in [1.29, 1.82) is 5.26 Å². The lowest BCUT2D eigenvalue weighted by molar-refractivity contribution is 0.364. The zero-order chi connectivity index (χ0) is 16.9. The van der Waals surface area contributed by atoms with Crippen LogP contribution < -0.4 is 0 Å². The number of hydrogen-bond acceptors (Lipinski definition) is 3. The quantitative estimate of drug-likeness (QED) is 0.617. The molecule has 0 radical (unpaired) electrons. The van der Waals surface area contributed by atoms with Gasteiger partial charge in [-0.2, -0.15) is 10.4 Å². The number of pyridine rings is 1. The molecule has 3 aromatic rings. The summed E-state index contributed by atoms with van der Waals surface area (Å²) in [4.78, 5) is 1.99. The van der Waals surface area contributed by atoms with E-state index >= 15 is 0 Å². The summed E-state index contributed by atoms with van der Waals surface area (Å²) < 4.78 is 64.8. The summed E-state index contributed by atoms with van der Waals surface area (Å²) in [5, 5.41) is 12.9. The highest BCUT2D eigenvalue weighted by molar-refractivity contribution is 8.45. The second-order valence-corrected chi connectivity index (χ2v) is 7.12. The van der Waals surface area contributed by atoms with E-state index in [0.29, 0.717) is 17.6 Å². The van der Waals surface area contributed by atoms with Crippen LogP contribution in [-0.2, 0) is 0 Å². The van der Waals surface area contributed by atoms with E-state index in [9.17, 15) is 19.4 Å². The number of nitrogens with zero attached hydrogens (tertiary/aromatic N) is 4. The van der Waals surface area contributed by atoms with E-state index < -0.39 is 15.1 Å². The molecule has 0 aliphatic heterocycles. The van der Waals surface area contributed by atoms with Gasteiger partial charge in [0.15, 0.2) is 5.69 Å². The molecule has 4 nitrogen and oxygen atoms in total. The number of benzene rings is 1. The zero-order valence-electron chi connectivity index (χ0n) is 11.1. The van der Waals surface area contributed by atoms with Crippen molar-refractivity contribution in [2.24, 2.45) is 0 Å². The van der Waals surface area contributed by atoms with Crippen LogP contribution in [0.2, 0.25) is 0 Å². The third kappa shape index (κ3) is 2.70. The van der Waals surface area contributed by atoms with E-state index in [1.54, 1.807) is 12.1 Å². The predicted octanol–water partition coefficient (Wildman–Crippen LogP) is 4.95. The maximum Gasteiger partial charge on any atom is 0.310 e. The topological polar surface area (TPSA) is 54.5 Å². The van der Waals surface area contributed by atoms with Crippen molar-refractivity contribution in [2.45, 2.75) is 4.90 Å². The first-order chi connectivity index (χ1) is 10.5. The molecular formula is C13H7F5N4S. The van der Waals surface area contributed by atoms with Crippen LogP contribution in [0.4, 0.5) is 19.4 Å². The Balaban J connectivity index is 2.17. The van der Waals surface area contributed by atoms with E-state index in [4.69, 9.17) is 5.26 Å². The van der Waals surface area contributed by atoms with Gasteiger partial charge in [0.2, 0.25) is 0 Å². The number of fused-ring (bicyclic) bond motifs is 1. The minimum absolute atomic E-state index is 0.0163. The lowest BCUT2D eigenvalue weighted by Crippen LogP contribution is -2.06. The number of hydrogen-bond donors (Lipinski definition) is 0. The van der Waals surface area contributed by atoms with E-state index in [-0.39, 0.29) is 16.9 Å². The first-order valence-electron chi connectivity index (χ1n) is 6.08. The smallest absolute Gasteiger partial charge is 0.251 e. The van der Waals surface area contributed by atoms with Crippen LogP contribution in [0.1, 0.15) is 5.69 Å². The van der Waals surface area contributed by atoms with Crippen LogP contribution in [0.5, 0.6) is 0 Å². The fourth-order valence-corrected chi connectivity index (χ4v) is 2.72. The molecule has 0 saturated carbocycles. The summed E-state index contributed by atoms with van der Waals surface area (Å²) in [6, 6.07) is 7.28. The van der Waals surface area contributed by atoms with Crippen LogP contribution in [0, 0.1) is 11.3 Å². The molecular weight excluding hydrogens is 339 g/mol. The Morgan fingerprint density at radius 3 is 2.22 bits per heavy atom. The minimum Gasteiger partial charge on any atom is -0.251 e. The highest BCUT2D eigenvalue weighted by Crippen LogP contribution is 3.02. The van der Waals surface area contributed by atoms with E-state index in [0.717, 1.165) is 12.1 Å². The van der Waals surface area contributed by atoms with E-state index in [1.807, 2.05) is 6.07 Å². The predicted molar refractivity (Wildman–Crippen MR) is 75.0 cm³/mol. The third-order valence-electron chi connectivity index (χ3n) is 3.07. The van der Waals surface area contributed by atoms with Gasteiger partial charge >= 0.3 is 10.2 Å². The second kappa shape index (κ2) is 3.99. The molecule has 0 aliphatic rings. The van der Waals surface area contributed by atoms with Gasteiger partial charge in [0.05, 0.1) is 11.2 Å². The molecule has 3 rings (SSSR count). The minimum atomic E-state index is -9.71. The SMILES string of the molecule is N#Cc1nn(-c2ccc(S(F)(F)(F)(F)F)cc2)c2cccnc12. The number of aromatic nitrogens is 3. The van der Waals surface area contributed by atoms with E-state index in [2.05, 4.69) is 10.1 Å². The zero-order valence-corrected chi connectivity index (χ0v) is 11.9. The Kier molecular flexibility index (Phi) is 2.64. The highest BCUT2D eigenvalue weighted by Gasteiger charge is 2.65. The number of rotatable bonds is 2. The standard InChI is InChI=1S/C13H7F5N4S/c14-23(15,16,17,18)10-5-3-9(4-6-10)22-12-2-1-7-20-13(12)11(8-19)21-22/h1-7H. The molecule has 2 heterocycles. The Morgan fingerprint density at radius 2 is 1.65 bits per heavy atom. The van der Waals surface area contributed by atoms with Crippen molar-refractivity contribution >= 4 is 21.3 Å². The molecule has 0 bridgehead atoms. The van der Waals surface area contributed by atoms with Gasteiger partial charge in [-0.3, -0.25) is 4.98 Å². The van der Waals surface area contributed by atoms with Gasteiger partial charge in [0.25, 0.3) is 0 Å². The van der Waals surface area contributed by atoms with Crippen molar-refractivity contribution in [3.63, 3.8) is 0 Å². The van der Waals surface area contributed by atoms with Gasteiger partial charge < -0.3 is 0 Å². The Morgan fingerprint density at radius 1 is 1.00 bits per heavy atom. The number of halogens is 5. The van der Waals surface area contributed by atoms with Gasteiger partial charge in [-0.1, -0.05) is 19.4 Å². The Bertz CT molecular complexity index is 955. The summed E-state index contributed by atoms with van der Waals surface area (Å²) in [6.45, 7) is 0. The molecule has 1 aromatic carbocycles. The van der Waals surface area contributed by atoms with E-state index in [1.165, 1.54) is 10.9 Å². The van der Waals surface area contributed by atoms with Crippen molar-refractivity contribution in [2.75, 3.05) is 0 Å². The summed E-state index contributed by atoms with van der Waals surface area (Å²) >= 11 is 0. The van der Waals surface area contributed by atoms with Crippen LogP contribution in [0.15, 0.2) is 47.5 Å². The van der Waals surface area contributed by atoms with Gasteiger partial charge in [-0.25, -0.2) is 4.68 Å². The van der Waals surface area contributed by atoms with Crippen LogP contribution >= 0.6 is 10.2 Å². The van der Waals surface area contributed by atoms with Crippen molar-refractivity contribution < 1.29 is 19.4 Å². The molecule has 0 saturated heterocycles. The molecule has 0 atom stereocenters. The van der Waals surface area contributed by atoms with Crippen molar-refractivity contribution in [3.05, 3.63) is 48.3 Å². The van der Waals surface area contributed by atoms with Crippen LogP contribution in [-0.4, -0.2) is 14.8 Å². The summed E-state index contributed by atoms with van der Waals surface area (Å²) in [5.74, 6) is 0. The molecule has 120 valence electrons. The fourth-order valence-electron chi connectivity index (χ4n) is 2.07. The summed E-state index contributed by atoms with van der Waals surface area (Å²) in [6.07, 6.45) is 1.44. The normalized spacial score (nSPS) is 15.0. The molecule has 0 fully saturated rings. The average Bonchev–Trinajstić information content (AvgIpc) is 2.84. The molecule has 0 spiro atoms. The van der Waals surface area contributed by atoms with Crippen LogP contribution in [0.25, 0.3) is 16.7 Å². The van der Waals surface area contributed by atoms with Crippen LogP contribution in [0.3, 0.4) is 0 Å². The van der Waals surface area contributed by atoms with Gasteiger partial charge in [-0.15, -0.1) is 0 Å². The molecule has 23 heavy (non-hydrogen) atoms. The monoisotopic (exact) mass is 346 g/mol. The van der Waals surface area contributed by atoms with Crippen molar-refractivity contribution in [3.8, 4) is 11.8 Å². The molecule has 0 amide bonds. The first kappa shape index (κ1) is 15.2. The Labute approximate surface area is 126 Å². The maximum absolute atomic E-state index is 12.7. The molecule has 0 N–H and O–H groups in total. The third-order valence-corrected chi connectivity index (χ3v) is 4.23. The van der Waals surface area contributed by atoms with Crippen molar-refractivity contribution in [1.82, 2.24) is 14.8 Å². The second-order valence-electron chi connectivity index (χ2n) is 4.71. The van der Waals surface area contributed by atoms with Gasteiger partial charge in [0, 0.05) is 6.20 Å². The van der Waals surface area contributed by atoms with Gasteiger partial charge in [-0.05, 0) is 36.4 Å². The first-order valence-corrected chi connectivity index (χ1v) is 8.03. The lowest BCUT2D eigenvalue weighted by atomic mass is 10.3. The van der Waals surface area contributed by atoms with Gasteiger partial charge in [0.1, 0.15) is 16.5 Å². The summed E-state index contributed by atoms with van der Waals surface area (Å²) in [5.41, 5.74) is 0.739. The maximum atomic E-state index is 12.7. The largest absolute Gasteiger partial charge is 0.310 e. The average molecular weight is 346 g/mol. The Hall–Kier alpha value is -2.67.